The van der Waals surface area contributed by atoms with Crippen molar-refractivity contribution in [1.29, 1.82) is 0 Å². The second-order valence-corrected chi connectivity index (χ2v) is 9.47. The molecule has 1 aliphatic heterocycles. The molecule has 1 aliphatic rings. The van der Waals surface area contributed by atoms with Crippen LogP contribution < -0.4 is 11.2 Å². The van der Waals surface area contributed by atoms with E-state index >= 15 is 8.78 Å². The molecular formula is C19H27F2N2O10P. The van der Waals surface area contributed by atoms with Crippen LogP contribution in [-0.2, 0) is 37.4 Å². The van der Waals surface area contributed by atoms with Crippen LogP contribution in [0.25, 0.3) is 0 Å². The second kappa shape index (κ2) is 10.9. The standard InChI is InChI=1S/C19H27F2N2O10P/c1-6-30-34(28,31-7-2)19(20,21)14-13(9-29-11(4)24)33-17(15(14)32-12(5)25)23-8-10(3)16(26)22-18(23)27/h8,13-15,17H,6-7,9H2,1-5H3,(H,22,26,27)/t13-,14-,15-,17-/m1/s1. The van der Waals surface area contributed by atoms with Crippen molar-refractivity contribution >= 4 is 19.5 Å². The summed E-state index contributed by atoms with van der Waals surface area (Å²) in [6.07, 6.45) is -4.27. The van der Waals surface area contributed by atoms with E-state index in [2.05, 4.69) is 0 Å². The topological polar surface area (TPSA) is 152 Å². The lowest BCUT2D eigenvalue weighted by molar-refractivity contribution is -0.158. The number of carbonyl (C=O) groups is 2. The van der Waals surface area contributed by atoms with Crippen LogP contribution in [0.2, 0.25) is 0 Å². The van der Waals surface area contributed by atoms with Crippen molar-refractivity contribution in [2.45, 2.75) is 58.7 Å². The molecule has 0 radical (unpaired) electrons. The Morgan fingerprint density at radius 2 is 1.76 bits per heavy atom. The highest BCUT2D eigenvalue weighted by Crippen LogP contribution is 2.67. The number of H-pyrrole nitrogens is 1. The molecule has 0 aromatic carbocycles. The number of esters is 2. The number of halogens is 2. The Morgan fingerprint density at radius 1 is 1.18 bits per heavy atom. The SMILES string of the molecule is CCOP(=O)(OCC)C(F)(F)[C@H]1[C@@H](OC(C)=O)[C@H](n2cc(C)c(=O)[nH]c2=O)O[C@@H]1COC(C)=O. The van der Waals surface area contributed by atoms with Crippen LogP contribution in [0.5, 0.6) is 0 Å². The highest BCUT2D eigenvalue weighted by Gasteiger charge is 2.68. The summed E-state index contributed by atoms with van der Waals surface area (Å²) in [6.45, 7) is 4.45. The third-order valence-electron chi connectivity index (χ3n) is 4.89. The minimum absolute atomic E-state index is 0.0332. The molecule has 0 aliphatic carbocycles. The first kappa shape index (κ1) is 27.8. The first-order valence-electron chi connectivity index (χ1n) is 10.3. The average molecular weight is 512 g/mol. The van der Waals surface area contributed by atoms with Crippen molar-refractivity contribution in [1.82, 2.24) is 9.55 Å². The molecule has 1 saturated heterocycles. The van der Waals surface area contributed by atoms with Crippen molar-refractivity contribution in [3.63, 3.8) is 0 Å². The maximum absolute atomic E-state index is 15.9. The number of aromatic nitrogens is 2. The summed E-state index contributed by atoms with van der Waals surface area (Å²) in [5, 5.41) is 0. The zero-order chi connectivity index (χ0) is 25.8. The number of nitrogens with zero attached hydrogens (tertiary/aromatic N) is 1. The van der Waals surface area contributed by atoms with Gasteiger partial charge in [-0.2, -0.15) is 8.78 Å². The van der Waals surface area contributed by atoms with Gasteiger partial charge in [-0.15, -0.1) is 0 Å². The van der Waals surface area contributed by atoms with Crippen LogP contribution in [0.3, 0.4) is 0 Å². The van der Waals surface area contributed by atoms with Gasteiger partial charge in [-0.1, -0.05) is 0 Å². The van der Waals surface area contributed by atoms with Gasteiger partial charge < -0.3 is 23.3 Å². The van der Waals surface area contributed by atoms with Crippen molar-refractivity contribution in [3.8, 4) is 0 Å². The summed E-state index contributed by atoms with van der Waals surface area (Å²) in [4.78, 5) is 49.4. The molecule has 0 amide bonds. The predicted molar refractivity (Wildman–Crippen MR) is 111 cm³/mol. The highest BCUT2D eigenvalue weighted by atomic mass is 31.2. The monoisotopic (exact) mass is 512 g/mol. The number of aromatic amines is 1. The summed E-state index contributed by atoms with van der Waals surface area (Å²) in [5.74, 6) is -4.07. The Balaban J connectivity index is 2.71. The van der Waals surface area contributed by atoms with E-state index in [-0.39, 0.29) is 5.56 Å². The molecular weight excluding hydrogens is 485 g/mol. The molecule has 1 fully saturated rings. The number of nitrogens with one attached hydrogen (secondary N) is 1. The lowest BCUT2D eigenvalue weighted by Gasteiger charge is -2.34. The maximum atomic E-state index is 15.9. The number of carbonyl (C=O) groups excluding carboxylic acids is 2. The van der Waals surface area contributed by atoms with Crippen LogP contribution in [0.1, 0.15) is 39.5 Å². The van der Waals surface area contributed by atoms with Gasteiger partial charge >= 0.3 is 30.9 Å². The zero-order valence-electron chi connectivity index (χ0n) is 19.2. The Labute approximate surface area is 193 Å². The smallest absolute Gasteiger partial charge is 0.400 e. The summed E-state index contributed by atoms with van der Waals surface area (Å²) >= 11 is 0. The summed E-state index contributed by atoms with van der Waals surface area (Å²) in [7, 11) is -5.17. The van der Waals surface area contributed by atoms with Gasteiger partial charge in [0.2, 0.25) is 0 Å². The molecule has 0 saturated carbocycles. The third kappa shape index (κ3) is 5.62. The Kier molecular flexibility index (Phi) is 8.92. The first-order chi connectivity index (χ1) is 15.8. The molecule has 1 N–H and O–H groups in total. The lowest BCUT2D eigenvalue weighted by atomic mass is 9.98. The summed E-state index contributed by atoms with van der Waals surface area (Å²) < 4.78 is 70.9. The van der Waals surface area contributed by atoms with Crippen molar-refractivity contribution < 1.29 is 46.2 Å². The average Bonchev–Trinajstić information content (AvgIpc) is 3.07. The largest absolute Gasteiger partial charge is 0.463 e. The van der Waals surface area contributed by atoms with Crippen LogP contribution in [0, 0.1) is 12.8 Å². The maximum Gasteiger partial charge on any atom is 0.400 e. The molecule has 192 valence electrons. The predicted octanol–water partition coefficient (Wildman–Crippen LogP) is 1.71. The quantitative estimate of drug-likeness (QED) is 0.362. The number of alkyl halides is 2. The number of aryl methyl sites for hydroxylation is 1. The Bertz CT molecular complexity index is 1060. The van der Waals surface area contributed by atoms with Gasteiger partial charge in [0.05, 0.1) is 13.2 Å². The second-order valence-electron chi connectivity index (χ2n) is 7.37. The zero-order valence-corrected chi connectivity index (χ0v) is 20.1. The van der Waals surface area contributed by atoms with E-state index in [0.29, 0.717) is 0 Å². The van der Waals surface area contributed by atoms with Gasteiger partial charge in [0.15, 0.2) is 12.3 Å². The first-order valence-corrected chi connectivity index (χ1v) is 11.9. The molecule has 12 nitrogen and oxygen atoms in total. The number of ether oxygens (including phenoxy) is 3. The number of hydrogen-bond donors (Lipinski definition) is 1. The Morgan fingerprint density at radius 3 is 2.26 bits per heavy atom. The molecule has 4 atom stereocenters. The minimum atomic E-state index is -5.17. The van der Waals surface area contributed by atoms with Crippen LogP contribution in [0.15, 0.2) is 15.8 Å². The van der Waals surface area contributed by atoms with Gasteiger partial charge in [-0.3, -0.25) is 28.5 Å². The van der Waals surface area contributed by atoms with Gasteiger partial charge in [0, 0.05) is 25.6 Å². The molecule has 0 unspecified atom stereocenters. The van der Waals surface area contributed by atoms with Crippen LogP contribution >= 0.6 is 7.60 Å². The summed E-state index contributed by atoms with van der Waals surface area (Å²) in [5.41, 5.74) is -6.05. The van der Waals surface area contributed by atoms with Crippen LogP contribution in [0.4, 0.5) is 8.78 Å². The minimum Gasteiger partial charge on any atom is -0.463 e. The van der Waals surface area contributed by atoms with E-state index in [0.717, 1.165) is 24.6 Å². The van der Waals surface area contributed by atoms with Gasteiger partial charge in [0.25, 0.3) is 5.56 Å². The van der Waals surface area contributed by atoms with Gasteiger partial charge in [-0.05, 0) is 20.8 Å². The highest BCUT2D eigenvalue weighted by molar-refractivity contribution is 7.55. The lowest BCUT2D eigenvalue weighted by Crippen LogP contribution is -2.46. The molecule has 34 heavy (non-hydrogen) atoms. The van der Waals surface area contributed by atoms with E-state index in [1.807, 2.05) is 4.98 Å². The third-order valence-corrected chi connectivity index (χ3v) is 7.11. The normalized spacial score (nSPS) is 23.0. The molecule has 2 rings (SSSR count). The fourth-order valence-electron chi connectivity index (χ4n) is 3.55. The number of hydrogen-bond acceptors (Lipinski definition) is 10. The van der Waals surface area contributed by atoms with E-state index in [1.54, 1.807) is 0 Å². The molecule has 1 aromatic heterocycles. The fourth-order valence-corrected chi connectivity index (χ4v) is 5.32. The molecule has 2 heterocycles. The van der Waals surface area contributed by atoms with Crippen molar-refractivity contribution in [3.05, 3.63) is 32.6 Å². The van der Waals surface area contributed by atoms with Crippen molar-refractivity contribution in [2.24, 2.45) is 5.92 Å². The fraction of sp³-hybridized carbons (Fsp3) is 0.684. The van der Waals surface area contributed by atoms with Crippen molar-refractivity contribution in [2.75, 3.05) is 19.8 Å². The molecule has 15 heteroatoms. The van der Waals surface area contributed by atoms with Crippen LogP contribution in [-0.4, -0.2) is 59.2 Å². The van der Waals surface area contributed by atoms with Gasteiger partial charge in [0.1, 0.15) is 18.6 Å². The van der Waals surface area contributed by atoms with E-state index < -0.39 is 80.6 Å². The molecule has 1 aromatic rings. The van der Waals surface area contributed by atoms with E-state index in [4.69, 9.17) is 23.3 Å². The van der Waals surface area contributed by atoms with E-state index in [1.165, 1.54) is 20.8 Å². The number of rotatable bonds is 10. The molecule has 0 spiro atoms. The Hall–Kier alpha value is -2.41. The van der Waals surface area contributed by atoms with E-state index in [9.17, 15) is 23.7 Å². The summed E-state index contributed by atoms with van der Waals surface area (Å²) in [6, 6.07) is 0. The molecule has 0 bridgehead atoms. The van der Waals surface area contributed by atoms with Gasteiger partial charge in [-0.25, -0.2) is 4.79 Å².